The minimum atomic E-state index is -0.0490. The van der Waals surface area contributed by atoms with Crippen molar-refractivity contribution in [2.45, 2.75) is 6.92 Å². The van der Waals surface area contributed by atoms with Gasteiger partial charge in [-0.1, -0.05) is 0 Å². The summed E-state index contributed by atoms with van der Waals surface area (Å²) < 4.78 is 10.8. The predicted octanol–water partition coefficient (Wildman–Crippen LogP) is 0.623. The Hall–Kier alpha value is -1.86. The van der Waals surface area contributed by atoms with Crippen LogP contribution in [0.15, 0.2) is 23.3 Å². The smallest absolute Gasteiger partial charge is 0.184 e. The molecule has 0 aliphatic heterocycles. The fraction of sp³-hybridized carbons (Fsp3) is 0.333. The van der Waals surface area contributed by atoms with Crippen LogP contribution in [0.2, 0.25) is 0 Å². The summed E-state index contributed by atoms with van der Waals surface area (Å²) in [6.45, 7) is 2.56. The normalized spacial score (nSPS) is 10.4. The molecule has 0 saturated carbocycles. The van der Waals surface area contributed by atoms with Crippen LogP contribution in [0.1, 0.15) is 12.5 Å². The van der Waals surface area contributed by atoms with Crippen molar-refractivity contribution in [1.29, 1.82) is 0 Å². The van der Waals surface area contributed by atoms with Gasteiger partial charge in [0, 0.05) is 0 Å². The average molecular weight is 283 g/mol. The Labute approximate surface area is 117 Å². The van der Waals surface area contributed by atoms with Gasteiger partial charge in [-0.3, -0.25) is 5.43 Å². The largest absolute Gasteiger partial charge is 0.490 e. The Morgan fingerprint density at radius 3 is 2.89 bits per heavy atom. The first-order valence-electron chi connectivity index (χ1n) is 5.76. The molecule has 6 nitrogen and oxygen atoms in total. The molecule has 1 aromatic carbocycles. The molecule has 0 radical (unpaired) electrons. The molecule has 4 N–H and O–H groups in total. The van der Waals surface area contributed by atoms with Crippen molar-refractivity contribution >= 4 is 23.5 Å². The highest BCUT2D eigenvalue weighted by Gasteiger charge is 2.05. The van der Waals surface area contributed by atoms with Crippen molar-refractivity contribution < 1.29 is 14.6 Å². The predicted molar refractivity (Wildman–Crippen MR) is 77.7 cm³/mol. The maximum absolute atomic E-state index is 8.75. The minimum Gasteiger partial charge on any atom is -0.490 e. The average Bonchev–Trinajstić information content (AvgIpc) is 2.38. The van der Waals surface area contributed by atoms with Crippen LogP contribution in [0, 0.1) is 0 Å². The highest BCUT2D eigenvalue weighted by atomic mass is 32.1. The van der Waals surface area contributed by atoms with Crippen molar-refractivity contribution in [2.24, 2.45) is 10.8 Å². The van der Waals surface area contributed by atoms with Crippen LogP contribution in [-0.2, 0) is 0 Å². The molecule has 104 valence electrons. The number of nitrogens with two attached hydrogens (primary N) is 1. The van der Waals surface area contributed by atoms with Crippen LogP contribution in [0.25, 0.3) is 0 Å². The van der Waals surface area contributed by atoms with Gasteiger partial charge in [-0.2, -0.15) is 5.10 Å². The number of aliphatic hydroxyl groups is 1. The van der Waals surface area contributed by atoms with Gasteiger partial charge in [-0.25, -0.2) is 0 Å². The third-order valence-corrected chi connectivity index (χ3v) is 2.10. The fourth-order valence-electron chi connectivity index (χ4n) is 1.32. The van der Waals surface area contributed by atoms with Gasteiger partial charge in [0.1, 0.15) is 6.61 Å². The van der Waals surface area contributed by atoms with Crippen LogP contribution < -0.4 is 20.6 Å². The lowest BCUT2D eigenvalue weighted by atomic mass is 10.2. The Balaban J connectivity index is 2.82. The van der Waals surface area contributed by atoms with E-state index in [-0.39, 0.29) is 18.3 Å². The van der Waals surface area contributed by atoms with E-state index in [1.165, 1.54) is 0 Å². The number of hydrogen-bond donors (Lipinski definition) is 3. The zero-order valence-corrected chi connectivity index (χ0v) is 11.4. The molecular formula is C12H17N3O3S. The molecule has 0 heterocycles. The molecule has 0 aliphatic carbocycles. The van der Waals surface area contributed by atoms with Gasteiger partial charge in [0.05, 0.1) is 19.4 Å². The second-order valence-electron chi connectivity index (χ2n) is 3.45. The minimum absolute atomic E-state index is 0.0490. The van der Waals surface area contributed by atoms with Gasteiger partial charge in [0.2, 0.25) is 0 Å². The monoisotopic (exact) mass is 283 g/mol. The first-order valence-corrected chi connectivity index (χ1v) is 6.17. The van der Waals surface area contributed by atoms with Gasteiger partial charge in [-0.05, 0) is 42.9 Å². The second kappa shape index (κ2) is 8.28. The number of hydrogen-bond acceptors (Lipinski definition) is 5. The molecule has 7 heteroatoms. The molecule has 0 aliphatic rings. The summed E-state index contributed by atoms with van der Waals surface area (Å²) in [6, 6.07) is 5.34. The third kappa shape index (κ3) is 5.54. The van der Waals surface area contributed by atoms with E-state index in [0.29, 0.717) is 18.1 Å². The zero-order chi connectivity index (χ0) is 14.1. The SMILES string of the molecule is CCOc1cc(/C=N/NC(N)=S)ccc1OCCO. The van der Waals surface area contributed by atoms with E-state index in [1.807, 2.05) is 6.92 Å². The molecule has 0 saturated heterocycles. The standard InChI is InChI=1S/C12H17N3O3S/c1-2-17-11-7-9(8-14-15-12(13)19)3-4-10(11)18-6-5-16/h3-4,7-8,16H,2,5-6H2,1H3,(H3,13,15,19)/b14-8+. The fourth-order valence-corrected chi connectivity index (χ4v) is 1.37. The highest BCUT2D eigenvalue weighted by Crippen LogP contribution is 2.27. The Morgan fingerprint density at radius 1 is 1.47 bits per heavy atom. The summed E-state index contributed by atoms with van der Waals surface area (Å²) in [5, 5.41) is 12.7. The molecule has 0 aromatic heterocycles. The van der Waals surface area contributed by atoms with Crippen LogP contribution >= 0.6 is 12.2 Å². The number of nitrogens with zero attached hydrogens (tertiary/aromatic N) is 1. The molecule has 1 aromatic rings. The topological polar surface area (TPSA) is 89.1 Å². The lowest BCUT2D eigenvalue weighted by molar-refractivity contribution is 0.194. The molecule has 0 bridgehead atoms. The summed E-state index contributed by atoms with van der Waals surface area (Å²) in [7, 11) is 0. The number of ether oxygens (including phenoxy) is 2. The van der Waals surface area contributed by atoms with Crippen molar-refractivity contribution in [3.63, 3.8) is 0 Å². The van der Waals surface area contributed by atoms with Crippen LogP contribution in [0.5, 0.6) is 11.5 Å². The highest BCUT2D eigenvalue weighted by molar-refractivity contribution is 7.80. The van der Waals surface area contributed by atoms with Gasteiger partial charge < -0.3 is 20.3 Å². The molecule has 0 fully saturated rings. The number of nitrogens with one attached hydrogen (secondary N) is 1. The number of hydrazone groups is 1. The zero-order valence-electron chi connectivity index (χ0n) is 10.6. The maximum Gasteiger partial charge on any atom is 0.184 e. The lowest BCUT2D eigenvalue weighted by Crippen LogP contribution is -2.23. The van der Waals surface area contributed by atoms with E-state index in [9.17, 15) is 0 Å². The molecule has 0 unspecified atom stereocenters. The molecule has 0 spiro atoms. The molecule has 1 rings (SSSR count). The Morgan fingerprint density at radius 2 is 2.26 bits per heavy atom. The Bertz CT molecular complexity index is 452. The van der Waals surface area contributed by atoms with Gasteiger partial charge in [-0.15, -0.1) is 0 Å². The van der Waals surface area contributed by atoms with Crippen LogP contribution in [0.3, 0.4) is 0 Å². The van der Waals surface area contributed by atoms with Crippen molar-refractivity contribution in [1.82, 2.24) is 5.43 Å². The van der Waals surface area contributed by atoms with Crippen LogP contribution in [-0.4, -0.2) is 36.3 Å². The van der Waals surface area contributed by atoms with E-state index in [1.54, 1.807) is 24.4 Å². The van der Waals surface area contributed by atoms with Gasteiger partial charge in [0.25, 0.3) is 0 Å². The number of aliphatic hydroxyl groups excluding tert-OH is 1. The van der Waals surface area contributed by atoms with E-state index >= 15 is 0 Å². The summed E-state index contributed by atoms with van der Waals surface area (Å²) in [4.78, 5) is 0. The van der Waals surface area contributed by atoms with Crippen molar-refractivity contribution in [3.05, 3.63) is 23.8 Å². The molecular weight excluding hydrogens is 266 g/mol. The second-order valence-corrected chi connectivity index (χ2v) is 3.89. The van der Waals surface area contributed by atoms with Crippen molar-refractivity contribution in [2.75, 3.05) is 19.8 Å². The van der Waals surface area contributed by atoms with Gasteiger partial charge >= 0.3 is 0 Å². The number of thiocarbonyl (C=S) groups is 1. The van der Waals surface area contributed by atoms with Gasteiger partial charge in [0.15, 0.2) is 16.6 Å². The van der Waals surface area contributed by atoms with E-state index in [0.717, 1.165) is 5.56 Å². The van der Waals surface area contributed by atoms with E-state index < -0.39 is 0 Å². The summed E-state index contributed by atoms with van der Waals surface area (Å²) >= 11 is 4.63. The van der Waals surface area contributed by atoms with Crippen LogP contribution in [0.4, 0.5) is 0 Å². The van der Waals surface area contributed by atoms with E-state index in [4.69, 9.17) is 20.3 Å². The first-order chi connectivity index (χ1) is 9.17. The maximum atomic E-state index is 8.75. The first kappa shape index (κ1) is 15.2. The molecule has 0 amide bonds. The lowest BCUT2D eigenvalue weighted by Gasteiger charge is -2.11. The summed E-state index contributed by atoms with van der Waals surface area (Å²) in [5.41, 5.74) is 8.53. The Kier molecular flexibility index (Phi) is 6.62. The quantitative estimate of drug-likeness (QED) is 0.386. The summed E-state index contributed by atoms with van der Waals surface area (Å²) in [5.74, 6) is 1.17. The summed E-state index contributed by atoms with van der Waals surface area (Å²) in [6.07, 6.45) is 1.57. The molecule has 0 atom stereocenters. The number of benzene rings is 1. The third-order valence-electron chi connectivity index (χ3n) is 2.00. The van der Waals surface area contributed by atoms with Crippen molar-refractivity contribution in [3.8, 4) is 11.5 Å². The molecule has 19 heavy (non-hydrogen) atoms. The van der Waals surface area contributed by atoms with E-state index in [2.05, 4.69) is 22.7 Å². The number of rotatable bonds is 7.